The van der Waals surface area contributed by atoms with Crippen LogP contribution in [0.25, 0.3) is 6.08 Å². The van der Waals surface area contributed by atoms with Gasteiger partial charge in [-0.2, -0.15) is 0 Å². The Bertz CT molecular complexity index is 215. The van der Waals surface area contributed by atoms with Crippen LogP contribution in [-0.4, -0.2) is 7.05 Å². The molecule has 1 heterocycles. The first kappa shape index (κ1) is 7.51. The van der Waals surface area contributed by atoms with E-state index >= 15 is 0 Å². The van der Waals surface area contributed by atoms with Crippen LogP contribution in [0.5, 0.6) is 0 Å². The van der Waals surface area contributed by atoms with Crippen LogP contribution >= 0.6 is 11.3 Å². The largest absolute Gasteiger partial charge is 0.315 e. The maximum Gasteiger partial charge on any atom is 0.0296 e. The van der Waals surface area contributed by atoms with Gasteiger partial charge >= 0.3 is 0 Å². The Balaban J connectivity index is 2.68. The second-order valence-corrected chi connectivity index (χ2v) is 3.08. The van der Waals surface area contributed by atoms with Gasteiger partial charge in [0, 0.05) is 11.4 Å². The summed E-state index contributed by atoms with van der Waals surface area (Å²) in [6, 6.07) is 2.15. The van der Waals surface area contributed by atoms with E-state index in [0.29, 0.717) is 0 Å². The number of thiophene rings is 1. The highest BCUT2D eigenvalue weighted by Gasteiger charge is 1.93. The third-order valence-electron chi connectivity index (χ3n) is 1.26. The predicted octanol–water partition coefficient (Wildman–Crippen LogP) is 2.11. The van der Waals surface area contributed by atoms with Crippen LogP contribution in [0.2, 0.25) is 0 Å². The molecule has 1 aromatic heterocycles. The number of rotatable bonds is 3. The molecule has 0 atom stereocenters. The Morgan fingerprint density at radius 2 is 2.60 bits per heavy atom. The van der Waals surface area contributed by atoms with E-state index in [4.69, 9.17) is 0 Å². The van der Waals surface area contributed by atoms with Gasteiger partial charge in [-0.05, 0) is 24.1 Å². The van der Waals surface area contributed by atoms with Crippen molar-refractivity contribution in [1.29, 1.82) is 0 Å². The van der Waals surface area contributed by atoms with Gasteiger partial charge in [-0.1, -0.05) is 12.7 Å². The SMILES string of the molecule is C=Cc1csc(CNC)c1. The molecular weight excluding hydrogens is 142 g/mol. The summed E-state index contributed by atoms with van der Waals surface area (Å²) in [5.41, 5.74) is 1.22. The fraction of sp³-hybridized carbons (Fsp3) is 0.250. The number of nitrogens with one attached hydrogen (secondary N) is 1. The lowest BCUT2D eigenvalue weighted by atomic mass is 10.3. The van der Waals surface area contributed by atoms with Crippen molar-refractivity contribution in [3.05, 3.63) is 28.5 Å². The zero-order valence-electron chi connectivity index (χ0n) is 6.05. The molecule has 10 heavy (non-hydrogen) atoms. The van der Waals surface area contributed by atoms with E-state index in [-0.39, 0.29) is 0 Å². The molecular formula is C8H11NS. The molecule has 0 unspecified atom stereocenters. The second kappa shape index (κ2) is 3.54. The van der Waals surface area contributed by atoms with E-state index in [1.807, 2.05) is 13.1 Å². The maximum absolute atomic E-state index is 3.69. The monoisotopic (exact) mass is 153 g/mol. The van der Waals surface area contributed by atoms with E-state index in [9.17, 15) is 0 Å². The molecule has 0 aliphatic rings. The summed E-state index contributed by atoms with van der Waals surface area (Å²) in [4.78, 5) is 1.36. The quantitative estimate of drug-likeness (QED) is 0.701. The first-order chi connectivity index (χ1) is 4.86. The Hall–Kier alpha value is -0.600. The Morgan fingerprint density at radius 3 is 3.10 bits per heavy atom. The number of hydrogen-bond donors (Lipinski definition) is 1. The fourth-order valence-electron chi connectivity index (χ4n) is 0.772. The fourth-order valence-corrected chi connectivity index (χ4v) is 1.66. The van der Waals surface area contributed by atoms with Gasteiger partial charge < -0.3 is 5.32 Å². The highest BCUT2D eigenvalue weighted by molar-refractivity contribution is 7.10. The van der Waals surface area contributed by atoms with Crippen LogP contribution in [0.1, 0.15) is 10.4 Å². The minimum Gasteiger partial charge on any atom is -0.315 e. The summed E-state index contributed by atoms with van der Waals surface area (Å²) >= 11 is 1.76. The van der Waals surface area contributed by atoms with E-state index in [0.717, 1.165) is 6.54 Å². The molecule has 0 spiro atoms. The summed E-state index contributed by atoms with van der Waals surface area (Å²) in [5.74, 6) is 0. The van der Waals surface area contributed by atoms with Gasteiger partial charge in [0.15, 0.2) is 0 Å². The molecule has 0 fully saturated rings. The standard InChI is InChI=1S/C8H11NS/c1-3-7-4-8(5-9-2)10-6-7/h3-4,6,9H,1,5H2,2H3. The van der Waals surface area contributed by atoms with Crippen molar-refractivity contribution in [2.45, 2.75) is 6.54 Å². The molecule has 0 bridgehead atoms. The molecule has 0 saturated carbocycles. The van der Waals surface area contributed by atoms with E-state index in [1.54, 1.807) is 11.3 Å². The molecule has 0 aliphatic carbocycles. The predicted molar refractivity (Wildman–Crippen MR) is 47.2 cm³/mol. The third kappa shape index (κ3) is 1.69. The normalized spacial score (nSPS) is 9.70. The first-order valence-electron chi connectivity index (χ1n) is 3.21. The zero-order chi connectivity index (χ0) is 7.40. The third-order valence-corrected chi connectivity index (χ3v) is 2.22. The maximum atomic E-state index is 3.69. The lowest BCUT2D eigenvalue weighted by molar-refractivity contribution is 0.831. The van der Waals surface area contributed by atoms with E-state index < -0.39 is 0 Å². The van der Waals surface area contributed by atoms with Crippen molar-refractivity contribution < 1.29 is 0 Å². The molecule has 1 aromatic rings. The molecule has 1 rings (SSSR count). The summed E-state index contributed by atoms with van der Waals surface area (Å²) in [6.07, 6.45) is 1.87. The van der Waals surface area contributed by atoms with Gasteiger partial charge in [-0.3, -0.25) is 0 Å². The lowest BCUT2D eigenvalue weighted by Gasteiger charge is -1.90. The van der Waals surface area contributed by atoms with Crippen molar-refractivity contribution >= 4 is 17.4 Å². The smallest absolute Gasteiger partial charge is 0.0296 e. The zero-order valence-corrected chi connectivity index (χ0v) is 6.87. The van der Waals surface area contributed by atoms with Crippen LogP contribution in [0.4, 0.5) is 0 Å². The van der Waals surface area contributed by atoms with E-state index in [2.05, 4.69) is 23.3 Å². The molecule has 0 amide bonds. The highest BCUT2D eigenvalue weighted by atomic mass is 32.1. The Kier molecular flexibility index (Phi) is 2.66. The first-order valence-corrected chi connectivity index (χ1v) is 4.09. The minimum atomic E-state index is 0.957. The van der Waals surface area contributed by atoms with Crippen molar-refractivity contribution in [2.75, 3.05) is 7.05 Å². The molecule has 0 radical (unpaired) electrons. The van der Waals surface area contributed by atoms with Crippen LogP contribution in [0.15, 0.2) is 18.0 Å². The summed E-state index contributed by atoms with van der Waals surface area (Å²) < 4.78 is 0. The van der Waals surface area contributed by atoms with Crippen molar-refractivity contribution in [3.8, 4) is 0 Å². The topological polar surface area (TPSA) is 12.0 Å². The van der Waals surface area contributed by atoms with Crippen molar-refractivity contribution in [2.24, 2.45) is 0 Å². The molecule has 1 N–H and O–H groups in total. The van der Waals surface area contributed by atoms with Gasteiger partial charge in [0.2, 0.25) is 0 Å². The highest BCUT2D eigenvalue weighted by Crippen LogP contribution is 2.14. The average Bonchev–Trinajstić information content (AvgIpc) is 2.37. The van der Waals surface area contributed by atoms with Gasteiger partial charge in [-0.25, -0.2) is 0 Å². The molecule has 0 aliphatic heterocycles. The summed E-state index contributed by atoms with van der Waals surface area (Å²) in [6.45, 7) is 4.65. The molecule has 54 valence electrons. The van der Waals surface area contributed by atoms with Crippen molar-refractivity contribution in [1.82, 2.24) is 5.32 Å². The van der Waals surface area contributed by atoms with Crippen molar-refractivity contribution in [3.63, 3.8) is 0 Å². The Morgan fingerprint density at radius 1 is 1.80 bits per heavy atom. The Labute approximate surface area is 65.4 Å². The lowest BCUT2D eigenvalue weighted by Crippen LogP contribution is -2.02. The summed E-state index contributed by atoms with van der Waals surface area (Å²) in [7, 11) is 1.95. The van der Waals surface area contributed by atoms with E-state index in [1.165, 1.54) is 10.4 Å². The molecule has 0 saturated heterocycles. The number of hydrogen-bond acceptors (Lipinski definition) is 2. The van der Waals surface area contributed by atoms with Gasteiger partial charge in [0.05, 0.1) is 0 Å². The van der Waals surface area contributed by atoms with Gasteiger partial charge in [0.1, 0.15) is 0 Å². The molecule has 2 heteroatoms. The van der Waals surface area contributed by atoms with Crippen LogP contribution in [-0.2, 0) is 6.54 Å². The average molecular weight is 153 g/mol. The molecule has 0 aromatic carbocycles. The van der Waals surface area contributed by atoms with Crippen LogP contribution in [0, 0.1) is 0 Å². The van der Waals surface area contributed by atoms with Crippen LogP contribution in [0.3, 0.4) is 0 Å². The summed E-state index contributed by atoms with van der Waals surface area (Å²) in [5, 5.41) is 5.21. The minimum absolute atomic E-state index is 0.957. The second-order valence-electron chi connectivity index (χ2n) is 2.08. The van der Waals surface area contributed by atoms with Crippen LogP contribution < -0.4 is 5.32 Å². The van der Waals surface area contributed by atoms with Gasteiger partial charge in [-0.15, -0.1) is 11.3 Å². The molecule has 1 nitrogen and oxygen atoms in total. The van der Waals surface area contributed by atoms with Gasteiger partial charge in [0.25, 0.3) is 0 Å².